The maximum atomic E-state index is 12.1. The van der Waals surface area contributed by atoms with Crippen molar-refractivity contribution >= 4 is 16.9 Å². The Balaban J connectivity index is 2.06. The molecule has 1 amide bonds. The molecule has 1 aromatic heterocycles. The molecule has 6 heteroatoms. The summed E-state index contributed by atoms with van der Waals surface area (Å²) in [6, 6.07) is 7.69. The van der Waals surface area contributed by atoms with Gasteiger partial charge in [0.25, 0.3) is 0 Å². The first-order valence-corrected chi connectivity index (χ1v) is 7.96. The molecule has 0 radical (unpaired) electrons. The number of rotatable bonds is 9. The van der Waals surface area contributed by atoms with E-state index in [1.165, 1.54) is 0 Å². The highest BCUT2D eigenvalue weighted by Crippen LogP contribution is 2.24. The van der Waals surface area contributed by atoms with Crippen LogP contribution >= 0.6 is 0 Å². The molecule has 0 saturated carbocycles. The largest absolute Gasteiger partial charge is 0.382 e. The number of ether oxygens (including phenoxy) is 2. The van der Waals surface area contributed by atoms with E-state index in [0.717, 1.165) is 23.3 Å². The highest BCUT2D eigenvalue weighted by molar-refractivity contribution is 5.78. The van der Waals surface area contributed by atoms with Crippen LogP contribution < -0.4 is 5.32 Å². The van der Waals surface area contributed by atoms with Crippen LogP contribution in [0.2, 0.25) is 0 Å². The number of nitrogens with one attached hydrogen (secondary N) is 2. The normalized spacial score (nSPS) is 13.9. The van der Waals surface area contributed by atoms with Gasteiger partial charge in [0.1, 0.15) is 12.4 Å². The van der Waals surface area contributed by atoms with E-state index in [2.05, 4.69) is 29.1 Å². The molecule has 1 aromatic carbocycles. The van der Waals surface area contributed by atoms with Gasteiger partial charge in [0.15, 0.2) is 0 Å². The van der Waals surface area contributed by atoms with Crippen molar-refractivity contribution in [2.24, 2.45) is 5.92 Å². The third kappa shape index (κ3) is 4.77. The van der Waals surface area contributed by atoms with Crippen molar-refractivity contribution in [1.82, 2.24) is 15.3 Å². The number of imidazole rings is 1. The molecule has 126 valence electrons. The molecule has 0 saturated heterocycles. The van der Waals surface area contributed by atoms with Crippen LogP contribution in [0.4, 0.5) is 0 Å². The molecule has 1 heterocycles. The van der Waals surface area contributed by atoms with Crippen molar-refractivity contribution in [3.05, 3.63) is 30.1 Å². The number of aromatic nitrogens is 2. The lowest BCUT2D eigenvalue weighted by Crippen LogP contribution is -2.35. The summed E-state index contributed by atoms with van der Waals surface area (Å²) in [6.45, 7) is 5.11. The van der Waals surface area contributed by atoms with E-state index < -0.39 is 0 Å². The maximum absolute atomic E-state index is 12.1. The lowest BCUT2D eigenvalue weighted by molar-refractivity contribution is -0.127. The van der Waals surface area contributed by atoms with Crippen LogP contribution in [0.1, 0.15) is 32.1 Å². The Bertz CT molecular complexity index is 593. The first-order valence-electron chi connectivity index (χ1n) is 7.96. The Morgan fingerprint density at radius 2 is 2.13 bits per heavy atom. The Kier molecular flexibility index (Phi) is 6.55. The average Bonchev–Trinajstić information content (AvgIpc) is 2.99. The number of fused-ring (bicyclic) bond motifs is 1. The molecule has 6 nitrogen and oxygen atoms in total. The fourth-order valence-corrected chi connectivity index (χ4v) is 2.36. The molecule has 2 aromatic rings. The number of benzene rings is 1. The Morgan fingerprint density at radius 1 is 1.35 bits per heavy atom. The smallest absolute Gasteiger partial charge is 0.246 e. The number of hydrogen-bond donors (Lipinski definition) is 2. The first kappa shape index (κ1) is 17.4. The van der Waals surface area contributed by atoms with E-state index >= 15 is 0 Å². The van der Waals surface area contributed by atoms with Crippen LogP contribution in [0, 0.1) is 5.92 Å². The van der Waals surface area contributed by atoms with Crippen LogP contribution in [0.15, 0.2) is 24.3 Å². The average molecular weight is 319 g/mol. The molecule has 0 spiro atoms. The molecular weight excluding hydrogens is 294 g/mol. The lowest BCUT2D eigenvalue weighted by atomic mass is 9.98. The van der Waals surface area contributed by atoms with Crippen LogP contribution in [0.25, 0.3) is 11.0 Å². The molecule has 23 heavy (non-hydrogen) atoms. The minimum absolute atomic E-state index is 0.0243. The molecule has 0 aliphatic carbocycles. The van der Waals surface area contributed by atoms with E-state index in [9.17, 15) is 4.79 Å². The number of nitrogens with zero attached hydrogens (tertiary/aromatic N) is 1. The van der Waals surface area contributed by atoms with Crippen molar-refractivity contribution in [3.8, 4) is 0 Å². The second-order valence-corrected chi connectivity index (χ2v) is 5.62. The van der Waals surface area contributed by atoms with Gasteiger partial charge >= 0.3 is 0 Å². The summed E-state index contributed by atoms with van der Waals surface area (Å²) in [6.07, 6.45) is 0.937. The quantitative estimate of drug-likeness (QED) is 0.696. The SMILES string of the molecule is CCC(C)C(NC(=O)COCCOC)c1nc2ccccc2[nH]1. The van der Waals surface area contributed by atoms with Gasteiger partial charge < -0.3 is 19.8 Å². The fourth-order valence-electron chi connectivity index (χ4n) is 2.36. The van der Waals surface area contributed by atoms with Gasteiger partial charge in [0.2, 0.25) is 5.91 Å². The zero-order valence-corrected chi connectivity index (χ0v) is 14.0. The fraction of sp³-hybridized carbons (Fsp3) is 0.529. The van der Waals surface area contributed by atoms with Crippen molar-refractivity contribution in [2.45, 2.75) is 26.3 Å². The standard InChI is InChI=1S/C17H25N3O3/c1-4-12(2)16(20-15(21)11-23-10-9-22-3)17-18-13-7-5-6-8-14(13)19-17/h5-8,12,16H,4,9-11H2,1-3H3,(H,18,19)(H,20,21). The number of para-hydroxylation sites is 2. The summed E-state index contributed by atoms with van der Waals surface area (Å²) in [5, 5.41) is 3.02. The molecule has 0 bridgehead atoms. The summed E-state index contributed by atoms with van der Waals surface area (Å²) in [7, 11) is 1.60. The maximum Gasteiger partial charge on any atom is 0.246 e. The third-order valence-electron chi connectivity index (χ3n) is 3.90. The predicted octanol–water partition coefficient (Wildman–Crippen LogP) is 2.43. The lowest BCUT2D eigenvalue weighted by Gasteiger charge is -2.22. The molecular formula is C17H25N3O3. The number of amides is 1. The van der Waals surface area contributed by atoms with E-state index in [1.807, 2.05) is 24.3 Å². The van der Waals surface area contributed by atoms with E-state index in [0.29, 0.717) is 13.2 Å². The van der Waals surface area contributed by atoms with Crippen LogP contribution in [-0.2, 0) is 14.3 Å². The topological polar surface area (TPSA) is 76.2 Å². The molecule has 0 aliphatic rings. The monoisotopic (exact) mass is 319 g/mol. The van der Waals surface area contributed by atoms with Crippen LogP contribution in [0.3, 0.4) is 0 Å². The Morgan fingerprint density at radius 3 is 2.83 bits per heavy atom. The summed E-state index contributed by atoms with van der Waals surface area (Å²) in [5.41, 5.74) is 1.88. The molecule has 2 unspecified atom stereocenters. The molecule has 0 fully saturated rings. The van der Waals surface area contributed by atoms with Gasteiger partial charge in [-0.25, -0.2) is 4.98 Å². The second kappa shape index (κ2) is 8.64. The minimum atomic E-state index is -0.161. The third-order valence-corrected chi connectivity index (χ3v) is 3.90. The van der Waals surface area contributed by atoms with Crippen molar-refractivity contribution < 1.29 is 14.3 Å². The zero-order valence-electron chi connectivity index (χ0n) is 14.0. The van der Waals surface area contributed by atoms with Gasteiger partial charge in [-0.05, 0) is 18.1 Å². The predicted molar refractivity (Wildman–Crippen MR) is 89.1 cm³/mol. The summed E-state index contributed by atoms with van der Waals surface area (Å²) in [5.74, 6) is 0.899. The first-order chi connectivity index (χ1) is 11.2. The van der Waals surface area contributed by atoms with E-state index in [-0.39, 0.29) is 24.5 Å². The van der Waals surface area contributed by atoms with Gasteiger partial charge in [0.05, 0.1) is 30.3 Å². The van der Waals surface area contributed by atoms with Crippen molar-refractivity contribution in [2.75, 3.05) is 26.9 Å². The molecule has 2 N–H and O–H groups in total. The summed E-state index contributed by atoms with van der Waals surface area (Å²) >= 11 is 0. The van der Waals surface area contributed by atoms with Gasteiger partial charge in [-0.3, -0.25) is 4.79 Å². The van der Waals surface area contributed by atoms with Gasteiger partial charge in [-0.2, -0.15) is 0 Å². The number of aromatic amines is 1. The van der Waals surface area contributed by atoms with Crippen molar-refractivity contribution in [3.63, 3.8) is 0 Å². The number of carbonyl (C=O) groups is 1. The number of hydrogen-bond acceptors (Lipinski definition) is 4. The molecule has 2 rings (SSSR count). The van der Waals surface area contributed by atoms with E-state index in [1.54, 1.807) is 7.11 Å². The Hall–Kier alpha value is -1.92. The van der Waals surface area contributed by atoms with E-state index in [4.69, 9.17) is 9.47 Å². The van der Waals surface area contributed by atoms with Crippen LogP contribution in [-0.4, -0.2) is 42.8 Å². The summed E-state index contributed by atoms with van der Waals surface area (Å²) in [4.78, 5) is 20.0. The highest BCUT2D eigenvalue weighted by atomic mass is 16.5. The molecule has 0 aliphatic heterocycles. The van der Waals surface area contributed by atoms with Crippen molar-refractivity contribution in [1.29, 1.82) is 0 Å². The van der Waals surface area contributed by atoms with Crippen LogP contribution in [0.5, 0.6) is 0 Å². The number of H-pyrrole nitrogens is 1. The minimum Gasteiger partial charge on any atom is -0.382 e. The zero-order chi connectivity index (χ0) is 16.7. The Labute approximate surface area is 136 Å². The van der Waals surface area contributed by atoms with Gasteiger partial charge in [-0.15, -0.1) is 0 Å². The van der Waals surface area contributed by atoms with Gasteiger partial charge in [-0.1, -0.05) is 32.4 Å². The summed E-state index contributed by atoms with van der Waals surface area (Å²) < 4.78 is 10.2. The highest BCUT2D eigenvalue weighted by Gasteiger charge is 2.23. The molecule has 2 atom stereocenters. The second-order valence-electron chi connectivity index (χ2n) is 5.62. The van der Waals surface area contributed by atoms with Gasteiger partial charge in [0, 0.05) is 7.11 Å². The number of methoxy groups -OCH3 is 1. The number of carbonyl (C=O) groups excluding carboxylic acids is 1.